The summed E-state index contributed by atoms with van der Waals surface area (Å²) in [4.78, 5) is 6.81. The van der Waals surface area contributed by atoms with Crippen LogP contribution in [0.25, 0.3) is 0 Å². The van der Waals surface area contributed by atoms with Gasteiger partial charge in [-0.3, -0.25) is 4.90 Å². The number of hydrogen-bond acceptors (Lipinski definition) is 6. The Balaban J connectivity index is 1.71. The number of ether oxygens (including phenoxy) is 2. The Labute approximate surface area is 149 Å². The lowest BCUT2D eigenvalue weighted by molar-refractivity contribution is 0.0637. The minimum absolute atomic E-state index is 0.271. The van der Waals surface area contributed by atoms with Crippen molar-refractivity contribution in [1.82, 2.24) is 15.0 Å². The molecule has 0 N–H and O–H groups in total. The number of hydrogen-bond donors (Lipinski definition) is 0. The maximum atomic E-state index is 5.82. The summed E-state index contributed by atoms with van der Waals surface area (Å²) in [5.41, 5.74) is 1.15. The van der Waals surface area contributed by atoms with Crippen molar-refractivity contribution in [2.45, 2.75) is 51.8 Å². The molecule has 0 aliphatic carbocycles. The Morgan fingerprint density at radius 3 is 2.92 bits per heavy atom. The van der Waals surface area contributed by atoms with Crippen LogP contribution in [0.1, 0.15) is 43.5 Å². The lowest BCUT2D eigenvalue weighted by atomic mass is 10.1. The molecule has 3 rings (SSSR count). The minimum Gasteiger partial charge on any atom is -0.496 e. The van der Waals surface area contributed by atoms with E-state index in [9.17, 15) is 0 Å². The lowest BCUT2D eigenvalue weighted by Gasteiger charge is -2.24. The highest BCUT2D eigenvalue weighted by atomic mass is 16.5. The van der Waals surface area contributed by atoms with Crippen LogP contribution >= 0.6 is 0 Å². The van der Waals surface area contributed by atoms with Crippen molar-refractivity contribution in [3.63, 3.8) is 0 Å². The summed E-state index contributed by atoms with van der Waals surface area (Å²) in [6, 6.07) is 8.11. The second kappa shape index (κ2) is 8.97. The minimum atomic E-state index is 0.271. The third-order valence-corrected chi connectivity index (χ3v) is 4.41. The van der Waals surface area contributed by atoms with Crippen molar-refractivity contribution < 1.29 is 14.0 Å². The summed E-state index contributed by atoms with van der Waals surface area (Å²) >= 11 is 0. The van der Waals surface area contributed by atoms with Gasteiger partial charge in [0.2, 0.25) is 5.89 Å². The number of methoxy groups -OCH3 is 1. The van der Waals surface area contributed by atoms with E-state index in [2.05, 4.69) is 28.0 Å². The van der Waals surface area contributed by atoms with Crippen LogP contribution in [-0.2, 0) is 24.2 Å². The quantitative estimate of drug-likeness (QED) is 0.695. The first-order valence-electron chi connectivity index (χ1n) is 9.05. The number of para-hydroxylation sites is 1. The van der Waals surface area contributed by atoms with E-state index in [0.29, 0.717) is 12.4 Å². The fourth-order valence-corrected chi connectivity index (χ4v) is 3.21. The molecule has 1 aromatic heterocycles. The largest absolute Gasteiger partial charge is 0.496 e. The van der Waals surface area contributed by atoms with Gasteiger partial charge in [0, 0.05) is 31.7 Å². The number of benzene rings is 1. The van der Waals surface area contributed by atoms with Crippen molar-refractivity contribution in [2.24, 2.45) is 0 Å². The van der Waals surface area contributed by atoms with Crippen molar-refractivity contribution in [3.05, 3.63) is 41.5 Å². The molecule has 0 amide bonds. The average Bonchev–Trinajstić information content (AvgIpc) is 3.28. The van der Waals surface area contributed by atoms with Crippen LogP contribution in [0.15, 0.2) is 28.8 Å². The Morgan fingerprint density at radius 2 is 2.16 bits per heavy atom. The maximum Gasteiger partial charge on any atom is 0.240 e. The average molecular weight is 345 g/mol. The van der Waals surface area contributed by atoms with Gasteiger partial charge in [-0.2, -0.15) is 4.98 Å². The zero-order valence-corrected chi connectivity index (χ0v) is 15.1. The van der Waals surface area contributed by atoms with Crippen LogP contribution in [0.4, 0.5) is 0 Å². The first-order valence-corrected chi connectivity index (χ1v) is 9.05. The van der Waals surface area contributed by atoms with Crippen LogP contribution in [0.2, 0.25) is 0 Å². The molecular weight excluding hydrogens is 318 g/mol. The zero-order valence-electron chi connectivity index (χ0n) is 15.1. The van der Waals surface area contributed by atoms with E-state index in [4.69, 9.17) is 14.0 Å². The van der Waals surface area contributed by atoms with Gasteiger partial charge in [-0.05, 0) is 25.3 Å². The molecule has 1 aliphatic heterocycles. The van der Waals surface area contributed by atoms with E-state index >= 15 is 0 Å². The molecule has 2 aromatic rings. The molecule has 0 bridgehead atoms. The number of aromatic nitrogens is 2. The molecule has 1 saturated heterocycles. The van der Waals surface area contributed by atoms with Gasteiger partial charge in [-0.1, -0.05) is 30.3 Å². The summed E-state index contributed by atoms with van der Waals surface area (Å²) < 4.78 is 16.7. The SMILES string of the molecule is CCCc1noc(CN(Cc2ccccc2OC)CC2CCCO2)n1. The first-order chi connectivity index (χ1) is 12.3. The smallest absolute Gasteiger partial charge is 0.240 e. The molecule has 6 nitrogen and oxygen atoms in total. The molecule has 1 unspecified atom stereocenters. The summed E-state index contributed by atoms with van der Waals surface area (Å²) in [6.07, 6.45) is 4.37. The molecule has 0 radical (unpaired) electrons. The van der Waals surface area contributed by atoms with Gasteiger partial charge < -0.3 is 14.0 Å². The van der Waals surface area contributed by atoms with Gasteiger partial charge >= 0.3 is 0 Å². The first kappa shape index (κ1) is 17.9. The molecule has 1 aliphatic rings. The van der Waals surface area contributed by atoms with Crippen LogP contribution < -0.4 is 4.74 Å². The van der Waals surface area contributed by atoms with E-state index in [1.165, 1.54) is 0 Å². The van der Waals surface area contributed by atoms with Crippen LogP contribution in [0.5, 0.6) is 5.75 Å². The summed E-state index contributed by atoms with van der Waals surface area (Å²) in [7, 11) is 1.71. The second-order valence-corrected chi connectivity index (χ2v) is 6.47. The highest BCUT2D eigenvalue weighted by molar-refractivity contribution is 5.33. The fraction of sp³-hybridized carbons (Fsp3) is 0.579. The number of aryl methyl sites for hydroxylation is 1. The molecule has 1 aromatic carbocycles. The molecule has 25 heavy (non-hydrogen) atoms. The predicted octanol–water partition coefficient (Wildman–Crippen LogP) is 3.21. The van der Waals surface area contributed by atoms with Gasteiger partial charge in [-0.25, -0.2) is 0 Å². The van der Waals surface area contributed by atoms with Gasteiger partial charge in [0.05, 0.1) is 19.8 Å². The summed E-state index contributed by atoms with van der Waals surface area (Å²) in [6.45, 7) is 5.20. The molecule has 1 atom stereocenters. The molecule has 2 heterocycles. The molecule has 6 heteroatoms. The highest BCUT2D eigenvalue weighted by Crippen LogP contribution is 2.22. The third kappa shape index (κ3) is 5.03. The van der Waals surface area contributed by atoms with Crippen molar-refractivity contribution in [1.29, 1.82) is 0 Å². The molecule has 136 valence electrons. The van der Waals surface area contributed by atoms with E-state index in [0.717, 1.165) is 62.5 Å². The summed E-state index contributed by atoms with van der Waals surface area (Å²) in [5, 5.41) is 4.06. The van der Waals surface area contributed by atoms with E-state index < -0.39 is 0 Å². The van der Waals surface area contributed by atoms with E-state index in [-0.39, 0.29) is 6.10 Å². The van der Waals surface area contributed by atoms with E-state index in [1.807, 2.05) is 18.2 Å². The summed E-state index contributed by atoms with van der Waals surface area (Å²) in [5.74, 6) is 2.35. The Morgan fingerprint density at radius 1 is 1.28 bits per heavy atom. The van der Waals surface area contributed by atoms with Gasteiger partial charge in [-0.15, -0.1) is 0 Å². The van der Waals surface area contributed by atoms with Crippen LogP contribution in [-0.4, -0.2) is 41.4 Å². The number of rotatable bonds is 9. The van der Waals surface area contributed by atoms with Crippen molar-refractivity contribution in [3.8, 4) is 5.75 Å². The van der Waals surface area contributed by atoms with Gasteiger partial charge in [0.15, 0.2) is 5.82 Å². The third-order valence-electron chi connectivity index (χ3n) is 4.41. The second-order valence-electron chi connectivity index (χ2n) is 6.47. The topological polar surface area (TPSA) is 60.6 Å². The Kier molecular flexibility index (Phi) is 6.42. The highest BCUT2D eigenvalue weighted by Gasteiger charge is 2.22. The predicted molar refractivity (Wildman–Crippen MR) is 94.4 cm³/mol. The zero-order chi connectivity index (χ0) is 17.5. The normalized spacial score (nSPS) is 17.3. The van der Waals surface area contributed by atoms with Gasteiger partial charge in [0.1, 0.15) is 5.75 Å². The molecular formula is C19H27N3O3. The van der Waals surface area contributed by atoms with Crippen molar-refractivity contribution >= 4 is 0 Å². The van der Waals surface area contributed by atoms with Crippen LogP contribution in [0, 0.1) is 0 Å². The standard InChI is InChI=1S/C19H27N3O3/c1-3-7-18-20-19(25-21-18)14-22(13-16-9-6-11-24-16)12-15-8-4-5-10-17(15)23-2/h4-5,8,10,16H,3,6-7,9,11-14H2,1-2H3. The fourth-order valence-electron chi connectivity index (χ4n) is 3.21. The van der Waals surface area contributed by atoms with Crippen molar-refractivity contribution in [2.75, 3.05) is 20.3 Å². The lowest BCUT2D eigenvalue weighted by Crippen LogP contribution is -2.31. The van der Waals surface area contributed by atoms with E-state index in [1.54, 1.807) is 7.11 Å². The monoisotopic (exact) mass is 345 g/mol. The Hall–Kier alpha value is -1.92. The number of nitrogens with zero attached hydrogens (tertiary/aromatic N) is 3. The maximum absolute atomic E-state index is 5.82. The molecule has 1 fully saturated rings. The Bertz CT molecular complexity index is 653. The molecule has 0 spiro atoms. The van der Waals surface area contributed by atoms with Gasteiger partial charge in [0.25, 0.3) is 0 Å². The molecule has 0 saturated carbocycles. The van der Waals surface area contributed by atoms with Crippen LogP contribution in [0.3, 0.4) is 0 Å².